The molecule has 0 spiro atoms. The minimum Gasteiger partial charge on any atom is -0.0616 e. The number of hydrogen-bond acceptors (Lipinski definition) is 0. The van der Waals surface area contributed by atoms with E-state index < -0.39 is 0 Å². The molecule has 0 amide bonds. The van der Waals surface area contributed by atoms with Crippen LogP contribution in [0.5, 0.6) is 0 Å². The van der Waals surface area contributed by atoms with Crippen molar-refractivity contribution in [2.24, 2.45) is 0 Å². The maximum absolute atomic E-state index is 2.39. The van der Waals surface area contributed by atoms with Gasteiger partial charge in [0.2, 0.25) is 0 Å². The molecule has 9 aromatic rings. The van der Waals surface area contributed by atoms with E-state index in [1.165, 1.54) is 98.7 Å². The molecule has 0 heteroatoms. The highest BCUT2D eigenvalue weighted by molar-refractivity contribution is 6.16. The summed E-state index contributed by atoms with van der Waals surface area (Å²) in [7, 11) is 0. The van der Waals surface area contributed by atoms with E-state index in [2.05, 4.69) is 170 Å². The van der Waals surface area contributed by atoms with Gasteiger partial charge in [0, 0.05) is 0 Å². The first kappa shape index (κ1) is 25.4. The zero-order chi connectivity index (χ0) is 30.2. The van der Waals surface area contributed by atoms with Gasteiger partial charge in [0.15, 0.2) is 0 Å². The predicted molar refractivity (Wildman–Crippen MR) is 197 cm³/mol. The molecule has 9 aromatic carbocycles. The van der Waals surface area contributed by atoms with Gasteiger partial charge in [-0.25, -0.2) is 0 Å². The summed E-state index contributed by atoms with van der Waals surface area (Å²) in [6.45, 7) is 0. The third-order valence-electron chi connectivity index (χ3n) is 9.95. The van der Waals surface area contributed by atoms with Crippen molar-refractivity contribution in [1.82, 2.24) is 0 Å². The standard InChI is InChI=1S/C46H28/c1-2-9-30-25-34(20-16-29(30)8-1)38-22-23-39(41-12-4-3-11-40(38)41)35-21-19-31-24-33(18-17-32(31)26-35)37-27-36-10-7-15-44-42-13-5-6-14-43(42)45(28-37)46(36)44/h1-28H. The lowest BCUT2D eigenvalue weighted by atomic mass is 9.90. The van der Waals surface area contributed by atoms with Crippen molar-refractivity contribution in [1.29, 1.82) is 0 Å². The van der Waals surface area contributed by atoms with Crippen LogP contribution in [0.3, 0.4) is 0 Å². The smallest absolute Gasteiger partial charge is 0.00259 e. The Balaban J connectivity index is 1.06. The Morgan fingerprint density at radius 1 is 0.217 bits per heavy atom. The van der Waals surface area contributed by atoms with E-state index in [0.29, 0.717) is 0 Å². The molecule has 0 radical (unpaired) electrons. The van der Waals surface area contributed by atoms with E-state index >= 15 is 0 Å². The second-order valence-electron chi connectivity index (χ2n) is 12.5. The third-order valence-corrected chi connectivity index (χ3v) is 9.95. The van der Waals surface area contributed by atoms with Gasteiger partial charge in [-0.1, -0.05) is 140 Å². The molecule has 0 unspecified atom stereocenters. The van der Waals surface area contributed by atoms with Crippen molar-refractivity contribution in [3.63, 3.8) is 0 Å². The van der Waals surface area contributed by atoms with Crippen LogP contribution in [0.1, 0.15) is 0 Å². The van der Waals surface area contributed by atoms with Crippen LogP contribution >= 0.6 is 0 Å². The first-order valence-electron chi connectivity index (χ1n) is 16.0. The molecule has 0 nitrogen and oxygen atoms in total. The van der Waals surface area contributed by atoms with Crippen molar-refractivity contribution >= 4 is 43.1 Å². The molecule has 1 aliphatic carbocycles. The second-order valence-corrected chi connectivity index (χ2v) is 12.5. The van der Waals surface area contributed by atoms with Crippen molar-refractivity contribution in [2.75, 3.05) is 0 Å². The normalized spacial score (nSPS) is 11.9. The van der Waals surface area contributed by atoms with Crippen LogP contribution in [-0.2, 0) is 0 Å². The Kier molecular flexibility index (Phi) is 5.38. The van der Waals surface area contributed by atoms with E-state index in [-0.39, 0.29) is 0 Å². The average Bonchev–Trinajstić information content (AvgIpc) is 3.45. The van der Waals surface area contributed by atoms with Crippen LogP contribution in [0.25, 0.3) is 98.7 Å². The van der Waals surface area contributed by atoms with E-state index in [4.69, 9.17) is 0 Å². The Hall–Kier alpha value is -5.98. The lowest BCUT2D eigenvalue weighted by Gasteiger charge is -2.14. The molecule has 0 bridgehead atoms. The fourth-order valence-corrected chi connectivity index (χ4v) is 7.74. The molecular weight excluding hydrogens is 553 g/mol. The summed E-state index contributed by atoms with van der Waals surface area (Å²) >= 11 is 0. The van der Waals surface area contributed by atoms with Gasteiger partial charge >= 0.3 is 0 Å². The Bertz CT molecular complexity index is 2690. The molecule has 46 heavy (non-hydrogen) atoms. The first-order chi connectivity index (χ1) is 22.8. The van der Waals surface area contributed by atoms with Crippen LogP contribution < -0.4 is 0 Å². The lowest BCUT2D eigenvalue weighted by molar-refractivity contribution is 1.64. The topological polar surface area (TPSA) is 0 Å². The minimum atomic E-state index is 1.24. The maximum Gasteiger partial charge on any atom is -0.00259 e. The lowest BCUT2D eigenvalue weighted by Crippen LogP contribution is -1.87. The van der Waals surface area contributed by atoms with Crippen molar-refractivity contribution in [2.45, 2.75) is 0 Å². The summed E-state index contributed by atoms with van der Waals surface area (Å²) in [5, 5.41) is 10.3. The fraction of sp³-hybridized carbons (Fsp3) is 0. The monoisotopic (exact) mass is 580 g/mol. The molecule has 10 rings (SSSR count). The summed E-state index contributed by atoms with van der Waals surface area (Å²) in [4.78, 5) is 0. The summed E-state index contributed by atoms with van der Waals surface area (Å²) in [5.74, 6) is 0. The molecule has 0 heterocycles. The Morgan fingerprint density at radius 3 is 1.41 bits per heavy atom. The van der Waals surface area contributed by atoms with E-state index in [9.17, 15) is 0 Å². The van der Waals surface area contributed by atoms with E-state index in [0.717, 1.165) is 0 Å². The summed E-state index contributed by atoms with van der Waals surface area (Å²) in [6.07, 6.45) is 0. The average molecular weight is 581 g/mol. The molecule has 212 valence electrons. The van der Waals surface area contributed by atoms with Crippen LogP contribution in [0, 0.1) is 0 Å². The van der Waals surface area contributed by atoms with Crippen LogP contribution in [-0.4, -0.2) is 0 Å². The highest BCUT2D eigenvalue weighted by Gasteiger charge is 2.21. The van der Waals surface area contributed by atoms with Crippen LogP contribution in [0.2, 0.25) is 0 Å². The van der Waals surface area contributed by atoms with Gasteiger partial charge in [-0.15, -0.1) is 0 Å². The van der Waals surface area contributed by atoms with Gasteiger partial charge in [0.1, 0.15) is 0 Å². The number of fused-ring (bicyclic) bond motifs is 6. The van der Waals surface area contributed by atoms with E-state index in [1.807, 2.05) is 0 Å². The van der Waals surface area contributed by atoms with Crippen LogP contribution in [0.15, 0.2) is 170 Å². The summed E-state index contributed by atoms with van der Waals surface area (Å²) in [6, 6.07) is 62.8. The number of benzene rings is 9. The summed E-state index contributed by atoms with van der Waals surface area (Å²) < 4.78 is 0. The van der Waals surface area contributed by atoms with Gasteiger partial charge in [-0.3, -0.25) is 0 Å². The summed E-state index contributed by atoms with van der Waals surface area (Å²) in [5.41, 5.74) is 12.9. The Morgan fingerprint density at radius 2 is 0.696 bits per heavy atom. The first-order valence-corrected chi connectivity index (χ1v) is 16.0. The molecule has 0 saturated carbocycles. The zero-order valence-electron chi connectivity index (χ0n) is 25.2. The van der Waals surface area contributed by atoms with Gasteiger partial charge in [-0.2, -0.15) is 0 Å². The highest BCUT2D eigenvalue weighted by Crippen LogP contribution is 2.48. The minimum absolute atomic E-state index is 1.24. The largest absolute Gasteiger partial charge is 0.0616 e. The van der Waals surface area contributed by atoms with Crippen molar-refractivity contribution in [3.8, 4) is 55.6 Å². The van der Waals surface area contributed by atoms with Gasteiger partial charge < -0.3 is 0 Å². The fourth-order valence-electron chi connectivity index (χ4n) is 7.74. The maximum atomic E-state index is 2.39. The predicted octanol–water partition coefficient (Wildman–Crippen LogP) is 12.9. The number of hydrogen-bond donors (Lipinski definition) is 0. The molecule has 0 fully saturated rings. The molecular formula is C46H28. The SMILES string of the molecule is c1ccc2c(c1)-c1cccc3cc(-c4ccc5cc(-c6ccc(-c7ccc8ccccc8c7)c7ccccc67)ccc5c4)cc-2c13. The Labute approximate surface area is 267 Å². The molecule has 0 aromatic heterocycles. The van der Waals surface area contributed by atoms with Crippen molar-refractivity contribution in [3.05, 3.63) is 170 Å². The van der Waals surface area contributed by atoms with Gasteiger partial charge in [-0.05, 0) is 129 Å². The molecule has 0 N–H and O–H groups in total. The molecule has 0 aliphatic heterocycles. The van der Waals surface area contributed by atoms with E-state index in [1.54, 1.807) is 0 Å². The van der Waals surface area contributed by atoms with Crippen LogP contribution in [0.4, 0.5) is 0 Å². The molecule has 1 aliphatic rings. The highest BCUT2D eigenvalue weighted by atomic mass is 14.2. The third kappa shape index (κ3) is 3.81. The van der Waals surface area contributed by atoms with Gasteiger partial charge in [0.05, 0.1) is 0 Å². The number of rotatable bonds is 3. The molecule has 0 saturated heterocycles. The second kappa shape index (κ2) is 9.76. The van der Waals surface area contributed by atoms with Crippen molar-refractivity contribution < 1.29 is 0 Å². The quantitative estimate of drug-likeness (QED) is 0.195. The molecule has 0 atom stereocenters. The van der Waals surface area contributed by atoms with Gasteiger partial charge in [0.25, 0.3) is 0 Å². The zero-order valence-corrected chi connectivity index (χ0v) is 25.2.